The lowest BCUT2D eigenvalue weighted by Crippen LogP contribution is -2.46. The Morgan fingerprint density at radius 1 is 1.16 bits per heavy atom. The van der Waals surface area contributed by atoms with Crippen LogP contribution in [0.15, 0.2) is 4.99 Å². The van der Waals surface area contributed by atoms with Crippen molar-refractivity contribution in [1.29, 1.82) is 0 Å². The Morgan fingerprint density at radius 2 is 1.92 bits per heavy atom. The Morgan fingerprint density at radius 3 is 2.60 bits per heavy atom. The molecule has 146 valence electrons. The summed E-state index contributed by atoms with van der Waals surface area (Å²) in [5, 5.41) is 6.93. The molecule has 0 aromatic rings. The molecule has 2 aliphatic rings. The largest absolute Gasteiger partial charge is 0.379 e. The third kappa shape index (κ3) is 7.75. The van der Waals surface area contributed by atoms with Crippen LogP contribution in [0.1, 0.15) is 45.4 Å². The monoisotopic (exact) mass is 370 g/mol. The topological polar surface area (TPSA) is 48.9 Å². The zero-order chi connectivity index (χ0) is 17.8. The fourth-order valence-corrected chi connectivity index (χ4v) is 4.35. The maximum Gasteiger partial charge on any atom is 0.191 e. The van der Waals surface area contributed by atoms with Crippen molar-refractivity contribution >= 4 is 17.7 Å². The smallest absolute Gasteiger partial charge is 0.191 e. The summed E-state index contributed by atoms with van der Waals surface area (Å²) in [6, 6.07) is 0. The van der Waals surface area contributed by atoms with Crippen LogP contribution in [-0.2, 0) is 4.74 Å². The number of morpholine rings is 1. The minimum Gasteiger partial charge on any atom is -0.379 e. The zero-order valence-corrected chi connectivity index (χ0v) is 17.1. The Bertz CT molecular complexity index is 380. The molecule has 2 rings (SSSR count). The fraction of sp³-hybridized carbons (Fsp3) is 0.947. The summed E-state index contributed by atoms with van der Waals surface area (Å²) in [4.78, 5) is 7.60. The lowest BCUT2D eigenvalue weighted by atomic mass is 9.73. The SMILES string of the molecule is CCNC(=NCC1(CN2CCOCC2)CCCCC1)NCCCSC. The molecule has 0 aromatic carbocycles. The van der Waals surface area contributed by atoms with E-state index in [0.717, 1.165) is 51.9 Å². The molecule has 2 fully saturated rings. The third-order valence-corrected chi connectivity index (χ3v) is 6.01. The normalized spacial score (nSPS) is 21.9. The van der Waals surface area contributed by atoms with E-state index in [2.05, 4.69) is 28.7 Å². The minimum absolute atomic E-state index is 0.358. The van der Waals surface area contributed by atoms with Crippen LogP contribution in [0.2, 0.25) is 0 Å². The maximum absolute atomic E-state index is 5.53. The number of nitrogens with zero attached hydrogens (tertiary/aromatic N) is 2. The van der Waals surface area contributed by atoms with Crippen LogP contribution in [0, 0.1) is 5.41 Å². The number of hydrogen-bond donors (Lipinski definition) is 2. The van der Waals surface area contributed by atoms with E-state index in [-0.39, 0.29) is 0 Å². The molecule has 0 aromatic heterocycles. The Hall–Kier alpha value is -0.460. The summed E-state index contributed by atoms with van der Waals surface area (Å²) in [5.74, 6) is 2.20. The predicted octanol–water partition coefficient (Wildman–Crippen LogP) is 2.58. The van der Waals surface area contributed by atoms with Gasteiger partial charge in [-0.25, -0.2) is 0 Å². The first kappa shape index (κ1) is 20.8. The highest BCUT2D eigenvalue weighted by molar-refractivity contribution is 7.98. The summed E-state index contributed by atoms with van der Waals surface area (Å²) in [5.41, 5.74) is 0.358. The number of ether oxygens (including phenoxy) is 1. The molecular formula is C19H38N4OS. The van der Waals surface area contributed by atoms with Crippen LogP contribution in [0.4, 0.5) is 0 Å². The fourth-order valence-electron chi connectivity index (χ4n) is 3.91. The Labute approximate surface area is 158 Å². The molecule has 25 heavy (non-hydrogen) atoms. The summed E-state index contributed by atoms with van der Waals surface area (Å²) in [6.45, 7) is 10.1. The molecular weight excluding hydrogens is 332 g/mol. The van der Waals surface area contributed by atoms with Crippen LogP contribution in [0.3, 0.4) is 0 Å². The van der Waals surface area contributed by atoms with Crippen molar-refractivity contribution < 1.29 is 4.74 Å². The van der Waals surface area contributed by atoms with Gasteiger partial charge in [0.05, 0.1) is 13.2 Å². The van der Waals surface area contributed by atoms with E-state index in [4.69, 9.17) is 9.73 Å². The molecule has 1 saturated heterocycles. The van der Waals surface area contributed by atoms with Gasteiger partial charge >= 0.3 is 0 Å². The van der Waals surface area contributed by atoms with Gasteiger partial charge in [-0.3, -0.25) is 9.89 Å². The van der Waals surface area contributed by atoms with Gasteiger partial charge in [0.1, 0.15) is 0 Å². The van der Waals surface area contributed by atoms with Gasteiger partial charge in [-0.2, -0.15) is 11.8 Å². The van der Waals surface area contributed by atoms with E-state index in [1.165, 1.54) is 50.8 Å². The maximum atomic E-state index is 5.53. The van der Waals surface area contributed by atoms with Crippen molar-refractivity contribution in [2.24, 2.45) is 10.4 Å². The third-order valence-electron chi connectivity index (χ3n) is 5.31. The molecule has 0 amide bonds. The lowest BCUT2D eigenvalue weighted by Gasteiger charge is -2.41. The van der Waals surface area contributed by atoms with E-state index in [1.54, 1.807) is 0 Å². The van der Waals surface area contributed by atoms with E-state index >= 15 is 0 Å². The summed E-state index contributed by atoms with van der Waals surface area (Å²) >= 11 is 1.91. The molecule has 1 heterocycles. The van der Waals surface area contributed by atoms with Crippen molar-refractivity contribution in [1.82, 2.24) is 15.5 Å². The summed E-state index contributed by atoms with van der Waals surface area (Å²) in [6.07, 6.45) is 10.1. The van der Waals surface area contributed by atoms with Crippen molar-refractivity contribution in [3.8, 4) is 0 Å². The standard InChI is InChI=1S/C19H38N4OS/c1-3-20-18(21-10-7-15-25-2)22-16-19(8-5-4-6-9-19)17-23-11-13-24-14-12-23/h3-17H2,1-2H3,(H2,20,21,22). The highest BCUT2D eigenvalue weighted by Gasteiger charge is 2.34. The van der Waals surface area contributed by atoms with E-state index in [9.17, 15) is 0 Å². The number of guanidine groups is 1. The van der Waals surface area contributed by atoms with Gasteiger partial charge in [0, 0.05) is 44.7 Å². The van der Waals surface area contributed by atoms with Gasteiger partial charge in [0.2, 0.25) is 0 Å². The van der Waals surface area contributed by atoms with Crippen LogP contribution < -0.4 is 10.6 Å². The molecule has 0 spiro atoms. The predicted molar refractivity (Wildman–Crippen MR) is 110 cm³/mol. The summed E-state index contributed by atoms with van der Waals surface area (Å²) < 4.78 is 5.53. The van der Waals surface area contributed by atoms with Gasteiger partial charge in [0.15, 0.2) is 5.96 Å². The van der Waals surface area contributed by atoms with E-state index in [1.807, 2.05) is 11.8 Å². The lowest BCUT2D eigenvalue weighted by molar-refractivity contribution is 0.00937. The molecule has 0 atom stereocenters. The number of hydrogen-bond acceptors (Lipinski definition) is 4. The minimum atomic E-state index is 0.358. The second-order valence-corrected chi connectivity index (χ2v) is 8.40. The zero-order valence-electron chi connectivity index (χ0n) is 16.3. The quantitative estimate of drug-likeness (QED) is 0.371. The molecule has 2 N–H and O–H groups in total. The highest BCUT2D eigenvalue weighted by atomic mass is 32.2. The van der Waals surface area contributed by atoms with Crippen LogP contribution in [-0.4, -0.2) is 75.4 Å². The number of rotatable bonds is 9. The van der Waals surface area contributed by atoms with E-state index < -0.39 is 0 Å². The molecule has 0 radical (unpaired) electrons. The van der Waals surface area contributed by atoms with Gasteiger partial charge < -0.3 is 15.4 Å². The Kier molecular flexibility index (Phi) is 10.0. The molecule has 1 aliphatic carbocycles. The van der Waals surface area contributed by atoms with Crippen LogP contribution in [0.5, 0.6) is 0 Å². The first-order valence-corrected chi connectivity index (χ1v) is 11.5. The molecule has 5 nitrogen and oxygen atoms in total. The summed E-state index contributed by atoms with van der Waals surface area (Å²) in [7, 11) is 0. The second kappa shape index (κ2) is 12.0. The van der Waals surface area contributed by atoms with Crippen molar-refractivity contribution in [3.63, 3.8) is 0 Å². The molecule has 6 heteroatoms. The molecule has 1 saturated carbocycles. The first-order chi connectivity index (χ1) is 12.3. The van der Waals surface area contributed by atoms with Crippen LogP contribution in [0.25, 0.3) is 0 Å². The van der Waals surface area contributed by atoms with Gasteiger partial charge in [0.25, 0.3) is 0 Å². The number of aliphatic imine (C=N–C) groups is 1. The highest BCUT2D eigenvalue weighted by Crippen LogP contribution is 2.37. The van der Waals surface area contributed by atoms with Crippen molar-refractivity contribution in [3.05, 3.63) is 0 Å². The van der Waals surface area contributed by atoms with Crippen molar-refractivity contribution in [2.75, 3.05) is 64.5 Å². The van der Waals surface area contributed by atoms with Gasteiger partial charge in [-0.05, 0) is 38.2 Å². The molecule has 1 aliphatic heterocycles. The average Bonchev–Trinajstić information content (AvgIpc) is 2.65. The molecule has 0 bridgehead atoms. The van der Waals surface area contributed by atoms with Gasteiger partial charge in [-0.15, -0.1) is 0 Å². The second-order valence-electron chi connectivity index (χ2n) is 7.42. The van der Waals surface area contributed by atoms with Gasteiger partial charge in [-0.1, -0.05) is 19.3 Å². The van der Waals surface area contributed by atoms with Crippen molar-refractivity contribution in [2.45, 2.75) is 45.4 Å². The van der Waals surface area contributed by atoms with E-state index in [0.29, 0.717) is 5.41 Å². The molecule has 0 unspecified atom stereocenters. The number of thioether (sulfide) groups is 1. The first-order valence-electron chi connectivity index (χ1n) is 10.1. The Balaban J connectivity index is 1.92. The number of nitrogens with one attached hydrogen (secondary N) is 2. The average molecular weight is 371 g/mol. The van der Waals surface area contributed by atoms with Crippen LogP contribution >= 0.6 is 11.8 Å².